The highest BCUT2D eigenvalue weighted by molar-refractivity contribution is 8.14. The van der Waals surface area contributed by atoms with E-state index in [2.05, 4.69) is 34.6 Å². The van der Waals surface area contributed by atoms with Gasteiger partial charge in [0.15, 0.2) is 5.12 Å². The summed E-state index contributed by atoms with van der Waals surface area (Å²) in [5, 5.41) is 0.0886. The van der Waals surface area contributed by atoms with Crippen LogP contribution in [0.5, 0.6) is 0 Å². The van der Waals surface area contributed by atoms with Crippen LogP contribution in [0.2, 0.25) is 0 Å². The van der Waals surface area contributed by atoms with E-state index in [1.165, 1.54) is 11.8 Å². The van der Waals surface area contributed by atoms with E-state index >= 15 is 0 Å². The van der Waals surface area contributed by atoms with E-state index in [1.807, 2.05) is 20.8 Å². The normalized spacial score (nSPS) is 36.1. The molecule has 0 amide bonds. The lowest BCUT2D eigenvalue weighted by Gasteiger charge is -2.65. The van der Waals surface area contributed by atoms with Crippen LogP contribution >= 0.6 is 11.8 Å². The van der Waals surface area contributed by atoms with Crippen molar-refractivity contribution in [2.24, 2.45) is 22.2 Å². The maximum atomic E-state index is 12.8. The molecule has 1 aliphatic carbocycles. The molecular formula is C16H28O2S. The van der Waals surface area contributed by atoms with Crippen LogP contribution in [0, 0.1) is 22.2 Å². The topological polar surface area (TPSA) is 34.1 Å². The Balaban J connectivity index is 3.52. The van der Waals surface area contributed by atoms with Gasteiger partial charge in [-0.1, -0.05) is 60.2 Å². The van der Waals surface area contributed by atoms with Crippen LogP contribution in [0.3, 0.4) is 0 Å². The van der Waals surface area contributed by atoms with E-state index in [0.717, 1.165) is 0 Å². The first-order chi connectivity index (χ1) is 8.23. The van der Waals surface area contributed by atoms with Crippen LogP contribution < -0.4 is 0 Å². The molecule has 0 aromatic carbocycles. The molecule has 0 aromatic rings. The summed E-state index contributed by atoms with van der Waals surface area (Å²) in [6, 6.07) is 0. The Kier molecular flexibility index (Phi) is 3.83. The maximum Gasteiger partial charge on any atom is 0.186 e. The molecule has 1 aliphatic rings. The average molecular weight is 284 g/mol. The van der Waals surface area contributed by atoms with Crippen molar-refractivity contribution < 1.29 is 9.59 Å². The number of carbonyl (C=O) groups excluding carboxylic acids is 2. The van der Waals surface area contributed by atoms with Gasteiger partial charge in [0.05, 0.1) is 0 Å². The smallest absolute Gasteiger partial charge is 0.186 e. The predicted molar refractivity (Wildman–Crippen MR) is 82.2 cm³/mol. The number of hydrogen-bond acceptors (Lipinski definition) is 3. The first kappa shape index (κ1) is 16.7. The first-order valence-corrected chi connectivity index (χ1v) is 7.79. The highest BCUT2D eigenvalue weighted by atomic mass is 32.2. The lowest BCUT2D eigenvalue weighted by molar-refractivity contribution is -0.161. The fourth-order valence-electron chi connectivity index (χ4n) is 3.56. The molecule has 19 heavy (non-hydrogen) atoms. The lowest BCUT2D eigenvalue weighted by atomic mass is 9.43. The molecule has 1 saturated carbocycles. The lowest BCUT2D eigenvalue weighted by Crippen LogP contribution is -2.67. The van der Waals surface area contributed by atoms with Crippen LogP contribution in [-0.4, -0.2) is 15.6 Å². The van der Waals surface area contributed by atoms with Gasteiger partial charge in [0.25, 0.3) is 0 Å². The summed E-state index contributed by atoms with van der Waals surface area (Å²) in [6.07, 6.45) is 0. The summed E-state index contributed by atoms with van der Waals surface area (Å²) >= 11 is 1.34. The zero-order chi connectivity index (χ0) is 15.4. The quantitative estimate of drug-likeness (QED) is 0.719. The third-order valence-electron chi connectivity index (χ3n) is 6.56. The summed E-state index contributed by atoms with van der Waals surface area (Å²) in [4.78, 5) is 24.5. The number of rotatable bonds is 1. The van der Waals surface area contributed by atoms with E-state index in [9.17, 15) is 9.59 Å². The molecule has 110 valence electrons. The molecule has 0 bridgehead atoms. The zero-order valence-electron chi connectivity index (χ0n) is 13.8. The molecule has 0 spiro atoms. The van der Waals surface area contributed by atoms with E-state index in [4.69, 9.17) is 0 Å². The van der Waals surface area contributed by atoms with Crippen LogP contribution in [0.1, 0.15) is 62.3 Å². The number of thioether (sulfide) groups is 1. The minimum atomic E-state index is -0.382. The van der Waals surface area contributed by atoms with Gasteiger partial charge in [-0.3, -0.25) is 9.59 Å². The number of ketones is 1. The minimum Gasteiger partial charge on any atom is -0.299 e. The highest BCUT2D eigenvalue weighted by Gasteiger charge is 2.67. The molecule has 0 saturated heterocycles. The summed E-state index contributed by atoms with van der Waals surface area (Å²) in [5.41, 5.74) is -0.694. The number of Topliss-reactive ketones (excluding diaryl/α,β-unsaturated/α-hetero) is 1. The third-order valence-corrected chi connectivity index (χ3v) is 8.13. The summed E-state index contributed by atoms with van der Waals surface area (Å²) in [6.45, 7) is 18.5. The Hall–Kier alpha value is -0.310. The Labute approximate surface area is 122 Å². The molecule has 0 aliphatic heterocycles. The Morgan fingerprint density at radius 2 is 1.42 bits per heavy atom. The van der Waals surface area contributed by atoms with Gasteiger partial charge in [0.2, 0.25) is 0 Å². The van der Waals surface area contributed by atoms with Gasteiger partial charge in [0, 0.05) is 23.0 Å². The minimum absolute atomic E-state index is 0.0886. The van der Waals surface area contributed by atoms with Crippen molar-refractivity contribution in [2.45, 2.75) is 67.1 Å². The van der Waals surface area contributed by atoms with Gasteiger partial charge >= 0.3 is 0 Å². The Morgan fingerprint density at radius 1 is 1.00 bits per heavy atom. The summed E-state index contributed by atoms with van der Waals surface area (Å²) in [7, 11) is 0. The molecular weight excluding hydrogens is 256 g/mol. The predicted octanol–water partition coefficient (Wildman–Crippen LogP) is 4.32. The SMILES string of the molecule is CC(=O)SC1(C)C(C)C(=O)C(C)(C)C(C)(C)C1(C)C. The van der Waals surface area contributed by atoms with Crippen LogP contribution in [0.4, 0.5) is 0 Å². The molecule has 1 fully saturated rings. The summed E-state index contributed by atoms with van der Waals surface area (Å²) < 4.78 is -0.366. The van der Waals surface area contributed by atoms with Gasteiger partial charge in [-0.05, 0) is 17.8 Å². The van der Waals surface area contributed by atoms with Gasteiger partial charge < -0.3 is 0 Å². The second-order valence-electron chi connectivity index (χ2n) is 7.66. The van der Waals surface area contributed by atoms with Crippen LogP contribution in [-0.2, 0) is 9.59 Å². The molecule has 0 aromatic heterocycles. The second-order valence-corrected chi connectivity index (χ2v) is 9.29. The van der Waals surface area contributed by atoms with Crippen molar-refractivity contribution in [2.75, 3.05) is 0 Å². The Bertz CT molecular complexity index is 420. The van der Waals surface area contributed by atoms with Crippen molar-refractivity contribution in [3.63, 3.8) is 0 Å². The Morgan fingerprint density at radius 3 is 1.79 bits per heavy atom. The van der Waals surface area contributed by atoms with Gasteiger partial charge in [-0.15, -0.1) is 0 Å². The molecule has 2 nitrogen and oxygen atoms in total. The standard InChI is InChI=1S/C16H28O2S/c1-10-12(18)13(3,4)14(5,6)15(7,8)16(10,9)19-11(2)17/h10H,1-9H3. The molecule has 2 unspecified atom stereocenters. The molecule has 2 atom stereocenters. The average Bonchev–Trinajstić information content (AvgIpc) is 2.23. The molecule has 1 rings (SSSR count). The maximum absolute atomic E-state index is 12.8. The zero-order valence-corrected chi connectivity index (χ0v) is 14.6. The summed E-state index contributed by atoms with van der Waals surface area (Å²) in [5.74, 6) is 0.146. The first-order valence-electron chi connectivity index (χ1n) is 6.97. The van der Waals surface area contributed by atoms with Gasteiger partial charge in [-0.2, -0.15) is 0 Å². The van der Waals surface area contributed by atoms with Gasteiger partial charge in [0.1, 0.15) is 5.78 Å². The molecule has 0 radical (unpaired) electrons. The van der Waals surface area contributed by atoms with Crippen molar-refractivity contribution in [1.29, 1.82) is 0 Å². The second kappa shape index (κ2) is 4.34. The molecule has 0 heterocycles. The van der Waals surface area contributed by atoms with Crippen molar-refractivity contribution in [1.82, 2.24) is 0 Å². The molecule has 0 N–H and O–H groups in total. The van der Waals surface area contributed by atoms with Crippen molar-refractivity contribution >= 4 is 22.7 Å². The van der Waals surface area contributed by atoms with Crippen molar-refractivity contribution in [3.8, 4) is 0 Å². The van der Waals surface area contributed by atoms with E-state index in [0.29, 0.717) is 0 Å². The van der Waals surface area contributed by atoms with E-state index in [1.54, 1.807) is 6.92 Å². The molecule has 3 heteroatoms. The fourth-order valence-corrected chi connectivity index (χ4v) is 4.95. The number of carbonyl (C=O) groups is 2. The van der Waals surface area contributed by atoms with Crippen LogP contribution in [0.15, 0.2) is 0 Å². The van der Waals surface area contributed by atoms with E-state index < -0.39 is 0 Å². The van der Waals surface area contributed by atoms with Crippen LogP contribution in [0.25, 0.3) is 0 Å². The van der Waals surface area contributed by atoms with Gasteiger partial charge in [-0.25, -0.2) is 0 Å². The highest BCUT2D eigenvalue weighted by Crippen LogP contribution is 2.66. The third kappa shape index (κ3) is 1.91. The fraction of sp³-hybridized carbons (Fsp3) is 0.875. The van der Waals surface area contributed by atoms with E-state index in [-0.39, 0.29) is 37.8 Å². The number of hydrogen-bond donors (Lipinski definition) is 0. The largest absolute Gasteiger partial charge is 0.299 e. The monoisotopic (exact) mass is 284 g/mol. The van der Waals surface area contributed by atoms with Crippen molar-refractivity contribution in [3.05, 3.63) is 0 Å².